The van der Waals surface area contributed by atoms with Gasteiger partial charge in [0.15, 0.2) is 0 Å². The van der Waals surface area contributed by atoms with Crippen molar-refractivity contribution in [2.45, 2.75) is 42.1 Å². The van der Waals surface area contributed by atoms with Crippen molar-refractivity contribution in [1.82, 2.24) is 23.9 Å². The van der Waals surface area contributed by atoms with Gasteiger partial charge in [-0.3, -0.25) is 0 Å². The fraction of sp³-hybridized carbons (Fsp3) is 0.318. The van der Waals surface area contributed by atoms with Crippen molar-refractivity contribution in [1.29, 1.82) is 0 Å². The molecule has 0 radical (unpaired) electrons. The molecule has 32 heavy (non-hydrogen) atoms. The predicted octanol–water partition coefficient (Wildman–Crippen LogP) is 4.16. The van der Waals surface area contributed by atoms with Gasteiger partial charge in [-0.2, -0.15) is 4.31 Å². The maximum atomic E-state index is 13.0. The Balaban J connectivity index is 1.32. The Hall–Kier alpha value is -2.69. The van der Waals surface area contributed by atoms with E-state index in [9.17, 15) is 8.42 Å². The Bertz CT molecular complexity index is 1360. The molecule has 10 heteroatoms. The van der Waals surface area contributed by atoms with Gasteiger partial charge in [0.25, 0.3) is 5.22 Å². The molecule has 1 saturated heterocycles. The van der Waals surface area contributed by atoms with Crippen molar-refractivity contribution in [2.24, 2.45) is 0 Å². The third-order valence-electron chi connectivity index (χ3n) is 5.51. The van der Waals surface area contributed by atoms with Gasteiger partial charge < -0.3 is 8.82 Å². The topological polar surface area (TPSA) is 93.6 Å². The minimum absolute atomic E-state index is 0.254. The van der Waals surface area contributed by atoms with E-state index in [0.717, 1.165) is 36.2 Å². The average molecular weight is 470 g/mol. The summed E-state index contributed by atoms with van der Waals surface area (Å²) in [4.78, 5) is 4.91. The fourth-order valence-electron chi connectivity index (χ4n) is 3.84. The highest BCUT2D eigenvalue weighted by Crippen LogP contribution is 2.28. The van der Waals surface area contributed by atoms with Crippen LogP contribution in [0.4, 0.5) is 0 Å². The lowest BCUT2D eigenvalue weighted by molar-refractivity contribution is 0.346. The zero-order valence-corrected chi connectivity index (χ0v) is 19.3. The van der Waals surface area contributed by atoms with Gasteiger partial charge in [0.05, 0.1) is 10.6 Å². The minimum Gasteiger partial charge on any atom is -0.411 e. The van der Waals surface area contributed by atoms with E-state index in [2.05, 4.69) is 15.2 Å². The summed E-state index contributed by atoms with van der Waals surface area (Å²) in [5.74, 6) is 0.889. The third kappa shape index (κ3) is 4.17. The molecule has 4 aromatic rings. The van der Waals surface area contributed by atoms with Crippen molar-refractivity contribution in [2.75, 3.05) is 13.1 Å². The molecule has 0 saturated carbocycles. The van der Waals surface area contributed by atoms with E-state index in [-0.39, 0.29) is 4.90 Å². The lowest BCUT2D eigenvalue weighted by Crippen LogP contribution is -2.35. The highest BCUT2D eigenvalue weighted by atomic mass is 32.2. The lowest BCUT2D eigenvalue weighted by atomic mass is 10.2. The second kappa shape index (κ2) is 8.68. The number of piperidine rings is 1. The third-order valence-corrected chi connectivity index (χ3v) is 8.26. The van der Waals surface area contributed by atoms with Crippen LogP contribution in [-0.2, 0) is 15.8 Å². The van der Waals surface area contributed by atoms with Gasteiger partial charge in [0.2, 0.25) is 15.9 Å². The Morgan fingerprint density at radius 3 is 2.75 bits per heavy atom. The molecular weight excluding hydrogens is 446 g/mol. The van der Waals surface area contributed by atoms with Crippen LogP contribution >= 0.6 is 11.8 Å². The van der Waals surface area contributed by atoms with Crippen LogP contribution in [0, 0.1) is 6.92 Å². The molecule has 0 atom stereocenters. The molecule has 8 nitrogen and oxygen atoms in total. The first-order chi connectivity index (χ1) is 15.5. The molecule has 1 aliphatic rings. The first kappa shape index (κ1) is 21.2. The molecule has 4 heterocycles. The van der Waals surface area contributed by atoms with Gasteiger partial charge >= 0.3 is 0 Å². The lowest BCUT2D eigenvalue weighted by Gasteiger charge is -2.25. The maximum Gasteiger partial charge on any atom is 0.277 e. The molecule has 0 unspecified atom stereocenters. The van der Waals surface area contributed by atoms with E-state index in [1.807, 2.05) is 35.9 Å². The van der Waals surface area contributed by atoms with Crippen LogP contribution in [0.1, 0.15) is 30.5 Å². The number of nitrogens with zero attached hydrogens (tertiary/aromatic N) is 5. The normalized spacial score (nSPS) is 15.4. The second-order valence-electron chi connectivity index (χ2n) is 7.81. The van der Waals surface area contributed by atoms with Crippen LogP contribution in [-0.4, -0.2) is 45.4 Å². The number of hydrogen-bond donors (Lipinski definition) is 0. The van der Waals surface area contributed by atoms with Crippen LogP contribution in [0.2, 0.25) is 0 Å². The van der Waals surface area contributed by atoms with Crippen molar-refractivity contribution in [3.63, 3.8) is 0 Å². The molecule has 0 N–H and O–H groups in total. The number of imidazole rings is 1. The molecule has 5 rings (SSSR count). The summed E-state index contributed by atoms with van der Waals surface area (Å²) in [6, 6.07) is 10.7. The Morgan fingerprint density at radius 2 is 1.94 bits per heavy atom. The van der Waals surface area contributed by atoms with Gasteiger partial charge in [-0.05, 0) is 49.6 Å². The minimum atomic E-state index is -3.52. The number of rotatable bonds is 6. The predicted molar refractivity (Wildman–Crippen MR) is 122 cm³/mol. The maximum absolute atomic E-state index is 13.0. The summed E-state index contributed by atoms with van der Waals surface area (Å²) in [5, 5.41) is 8.65. The van der Waals surface area contributed by atoms with Gasteiger partial charge in [-0.1, -0.05) is 30.3 Å². The van der Waals surface area contributed by atoms with E-state index in [4.69, 9.17) is 4.42 Å². The summed E-state index contributed by atoms with van der Waals surface area (Å²) in [5.41, 5.74) is 3.55. The average Bonchev–Trinajstić information content (AvgIpc) is 3.46. The summed E-state index contributed by atoms with van der Waals surface area (Å²) >= 11 is 1.40. The van der Waals surface area contributed by atoms with Crippen LogP contribution < -0.4 is 0 Å². The monoisotopic (exact) mass is 469 g/mol. The highest BCUT2D eigenvalue weighted by Gasteiger charge is 2.26. The van der Waals surface area contributed by atoms with E-state index in [1.165, 1.54) is 11.8 Å². The number of hydrogen-bond acceptors (Lipinski definition) is 7. The molecule has 1 aliphatic heterocycles. The van der Waals surface area contributed by atoms with E-state index in [1.54, 1.807) is 28.6 Å². The summed E-state index contributed by atoms with van der Waals surface area (Å²) < 4.78 is 35.3. The Morgan fingerprint density at radius 1 is 1.09 bits per heavy atom. The molecule has 3 aromatic heterocycles. The number of fused-ring (bicyclic) bond motifs is 1. The first-order valence-corrected chi connectivity index (χ1v) is 12.9. The fourth-order valence-corrected chi connectivity index (χ4v) is 6.05. The van der Waals surface area contributed by atoms with Crippen molar-refractivity contribution in [3.8, 4) is 11.5 Å². The Labute approximate surface area is 190 Å². The van der Waals surface area contributed by atoms with E-state index in [0.29, 0.717) is 35.5 Å². The molecular formula is C22H23N5O3S2. The Kier molecular flexibility index (Phi) is 5.75. The summed E-state index contributed by atoms with van der Waals surface area (Å²) in [6.45, 7) is 3.16. The van der Waals surface area contributed by atoms with E-state index >= 15 is 0 Å². The number of aryl methyl sites for hydroxylation is 1. The number of benzene rings is 1. The van der Waals surface area contributed by atoms with Gasteiger partial charge in [-0.15, -0.1) is 10.2 Å². The van der Waals surface area contributed by atoms with Crippen LogP contribution in [0.25, 0.3) is 17.1 Å². The zero-order chi connectivity index (χ0) is 22.1. The van der Waals surface area contributed by atoms with Crippen LogP contribution in [0.5, 0.6) is 0 Å². The molecule has 1 fully saturated rings. The number of thioether (sulfide) groups is 1. The van der Waals surface area contributed by atoms with Crippen LogP contribution in [0.15, 0.2) is 63.3 Å². The van der Waals surface area contributed by atoms with Gasteiger partial charge in [0.1, 0.15) is 5.65 Å². The van der Waals surface area contributed by atoms with Gasteiger partial charge in [-0.25, -0.2) is 13.4 Å². The summed E-state index contributed by atoms with van der Waals surface area (Å²) in [7, 11) is -3.52. The standard InChI is InChI=1S/C22H23N5O3S2/c1-16-7-6-10-26-14-18(23-20(16)26)15-31-22-25-24-21(30-22)17-8-5-9-19(13-17)32(28,29)27-11-3-2-4-12-27/h5-10,13-14H,2-4,11-12,15H2,1H3. The number of pyridine rings is 1. The van der Waals surface area contributed by atoms with Gasteiger partial charge in [0, 0.05) is 36.8 Å². The zero-order valence-electron chi connectivity index (χ0n) is 17.6. The number of sulfonamides is 1. The van der Waals surface area contributed by atoms with Crippen LogP contribution in [0.3, 0.4) is 0 Å². The van der Waals surface area contributed by atoms with Crippen molar-refractivity contribution < 1.29 is 12.8 Å². The largest absolute Gasteiger partial charge is 0.411 e. The molecule has 0 spiro atoms. The molecule has 0 amide bonds. The second-order valence-corrected chi connectivity index (χ2v) is 10.7. The molecule has 166 valence electrons. The highest BCUT2D eigenvalue weighted by molar-refractivity contribution is 7.98. The number of aromatic nitrogens is 4. The summed E-state index contributed by atoms with van der Waals surface area (Å²) in [6.07, 6.45) is 6.83. The first-order valence-electron chi connectivity index (χ1n) is 10.5. The SMILES string of the molecule is Cc1cccn2cc(CSc3nnc(-c4cccc(S(=O)(=O)N5CCCCC5)c4)o3)nc12. The smallest absolute Gasteiger partial charge is 0.277 e. The van der Waals surface area contributed by atoms with Crippen molar-refractivity contribution >= 4 is 27.4 Å². The van der Waals surface area contributed by atoms with Crippen molar-refractivity contribution in [3.05, 3.63) is 60.0 Å². The molecule has 0 bridgehead atoms. The quantitative estimate of drug-likeness (QED) is 0.391. The molecule has 1 aromatic carbocycles. The van der Waals surface area contributed by atoms with E-state index < -0.39 is 10.0 Å². The molecule has 0 aliphatic carbocycles.